The predicted molar refractivity (Wildman–Crippen MR) is 125 cm³/mol. The number of nitrogens with zero attached hydrogens (tertiary/aromatic N) is 1. The highest BCUT2D eigenvalue weighted by atomic mass is 79.9. The van der Waals surface area contributed by atoms with Crippen molar-refractivity contribution in [3.05, 3.63) is 84.9 Å². The fourth-order valence-electron chi connectivity index (χ4n) is 5.45. The van der Waals surface area contributed by atoms with Crippen molar-refractivity contribution in [1.29, 1.82) is 0 Å². The molecule has 0 N–H and O–H groups in total. The van der Waals surface area contributed by atoms with Crippen LogP contribution in [0.2, 0.25) is 0 Å². The molecule has 0 spiro atoms. The minimum Gasteiger partial charge on any atom is -0.377 e. The molecule has 0 atom stereocenters. The highest BCUT2D eigenvalue weighted by Gasteiger charge is 2.47. The van der Waals surface area contributed by atoms with Gasteiger partial charge in [-0.1, -0.05) is 84.9 Å². The number of rotatable bonds is 0. The summed E-state index contributed by atoms with van der Waals surface area (Å²) < 4.78 is 0. The van der Waals surface area contributed by atoms with E-state index in [1.165, 1.54) is 55.5 Å². The highest BCUT2D eigenvalue weighted by molar-refractivity contribution is 9.25. The third-order valence-corrected chi connectivity index (χ3v) is 7.50. The first kappa shape index (κ1) is 15.2. The Labute approximate surface area is 173 Å². The summed E-state index contributed by atoms with van der Waals surface area (Å²) in [5.41, 5.74) is 13.9. The zero-order valence-electron chi connectivity index (χ0n) is 15.1. The lowest BCUT2D eigenvalue weighted by atomic mass is 9.40. The van der Waals surface area contributed by atoms with Gasteiger partial charge in [-0.05, 0) is 33.0 Å². The maximum atomic E-state index is 4.03. The largest absolute Gasteiger partial charge is 0.377 e. The Morgan fingerprint density at radius 3 is 1.46 bits per heavy atom. The summed E-state index contributed by atoms with van der Waals surface area (Å²) in [5.74, 6) is 0. The Balaban J connectivity index is 1.72. The molecular formula is C24H14B2BrN. The number of hydrogen-bond donors (Lipinski definition) is 0. The number of halogens is 1. The van der Waals surface area contributed by atoms with Gasteiger partial charge in [0.25, 0.3) is 5.54 Å². The molecule has 28 heavy (non-hydrogen) atoms. The van der Waals surface area contributed by atoms with Crippen LogP contribution in [0.4, 0.5) is 11.4 Å². The van der Waals surface area contributed by atoms with Gasteiger partial charge < -0.3 is 4.81 Å². The van der Waals surface area contributed by atoms with E-state index >= 15 is 0 Å². The Hall–Kier alpha value is -2.71. The molecule has 3 aliphatic rings. The summed E-state index contributed by atoms with van der Waals surface area (Å²) in [7, 11) is 0. The van der Waals surface area contributed by atoms with Crippen molar-refractivity contribution in [2.24, 2.45) is 0 Å². The molecule has 0 radical (unpaired) electrons. The van der Waals surface area contributed by atoms with E-state index in [-0.39, 0.29) is 12.4 Å². The molecular weight excluding hydrogens is 404 g/mol. The van der Waals surface area contributed by atoms with Crippen LogP contribution < -0.4 is 26.7 Å². The minimum atomic E-state index is 0.213. The van der Waals surface area contributed by atoms with Crippen molar-refractivity contribution >= 4 is 61.4 Å². The highest BCUT2D eigenvalue weighted by Crippen LogP contribution is 2.46. The second kappa shape index (κ2) is 5.21. The molecule has 128 valence electrons. The van der Waals surface area contributed by atoms with Crippen LogP contribution in [0.25, 0.3) is 22.3 Å². The first-order valence-corrected chi connectivity index (χ1v) is 10.6. The number of hydrogen-bond acceptors (Lipinski definition) is 1. The van der Waals surface area contributed by atoms with Crippen molar-refractivity contribution in [3.8, 4) is 22.3 Å². The van der Waals surface area contributed by atoms with Crippen LogP contribution in [0, 0.1) is 0 Å². The van der Waals surface area contributed by atoms with Crippen LogP contribution in [0.5, 0.6) is 0 Å². The smallest absolute Gasteiger partial charge is 0.329 e. The maximum absolute atomic E-state index is 4.03. The van der Waals surface area contributed by atoms with Crippen molar-refractivity contribution in [3.63, 3.8) is 0 Å². The number of anilines is 2. The Kier molecular flexibility index (Phi) is 2.84. The second-order valence-corrected chi connectivity index (χ2v) is 8.71. The van der Waals surface area contributed by atoms with Crippen LogP contribution in [-0.2, 0) is 0 Å². The van der Waals surface area contributed by atoms with Crippen molar-refractivity contribution in [2.45, 2.75) is 0 Å². The fourth-order valence-corrected chi connectivity index (χ4v) is 6.19. The lowest BCUT2D eigenvalue weighted by Gasteiger charge is -2.48. The molecule has 0 saturated heterocycles. The van der Waals surface area contributed by atoms with E-state index < -0.39 is 0 Å². The molecule has 4 aromatic carbocycles. The first-order valence-electron chi connectivity index (χ1n) is 9.72. The number of benzene rings is 4. The molecule has 3 aliphatic heterocycles. The molecule has 1 nitrogen and oxygen atoms in total. The van der Waals surface area contributed by atoms with Gasteiger partial charge in [-0.2, -0.15) is 0 Å². The van der Waals surface area contributed by atoms with Gasteiger partial charge in [0.15, 0.2) is 0 Å². The summed E-state index contributed by atoms with van der Waals surface area (Å²) in [6.45, 7) is 0.217. The van der Waals surface area contributed by atoms with Crippen LogP contribution in [0.1, 0.15) is 0 Å². The first-order chi connectivity index (χ1) is 13.8. The van der Waals surface area contributed by atoms with E-state index in [0.29, 0.717) is 0 Å². The molecule has 0 saturated carbocycles. The Bertz CT molecular complexity index is 1220. The van der Waals surface area contributed by atoms with Crippen LogP contribution in [-0.4, -0.2) is 12.4 Å². The molecule has 0 amide bonds. The summed E-state index contributed by atoms with van der Waals surface area (Å²) in [6, 6.07) is 31.4. The second-order valence-electron chi connectivity index (χ2n) is 7.80. The Morgan fingerprint density at radius 1 is 0.500 bits per heavy atom. The van der Waals surface area contributed by atoms with E-state index in [1.807, 2.05) is 0 Å². The fraction of sp³-hybridized carbons (Fsp3) is 0. The Morgan fingerprint density at radius 2 is 0.929 bits per heavy atom. The van der Waals surface area contributed by atoms with Crippen molar-refractivity contribution in [1.82, 2.24) is 0 Å². The lowest BCUT2D eigenvalue weighted by molar-refractivity contribution is 1.36. The molecule has 4 heteroatoms. The minimum absolute atomic E-state index is 0.213. The predicted octanol–water partition coefficient (Wildman–Crippen LogP) is 3.41. The van der Waals surface area contributed by atoms with Crippen LogP contribution in [0.3, 0.4) is 0 Å². The van der Waals surface area contributed by atoms with Crippen LogP contribution >= 0.6 is 15.8 Å². The van der Waals surface area contributed by atoms with E-state index in [9.17, 15) is 0 Å². The lowest BCUT2D eigenvalue weighted by Crippen LogP contribution is -2.65. The van der Waals surface area contributed by atoms with Gasteiger partial charge in [-0.15, -0.1) is 15.8 Å². The van der Waals surface area contributed by atoms with E-state index in [4.69, 9.17) is 0 Å². The maximum Gasteiger partial charge on any atom is 0.329 e. The van der Waals surface area contributed by atoms with Gasteiger partial charge in [0.2, 0.25) is 0 Å². The molecule has 0 bridgehead atoms. The molecule has 0 aromatic heterocycles. The van der Waals surface area contributed by atoms with Gasteiger partial charge in [-0.25, -0.2) is 0 Å². The molecule has 0 fully saturated rings. The van der Waals surface area contributed by atoms with Crippen molar-refractivity contribution < 1.29 is 0 Å². The molecule has 0 aliphatic carbocycles. The normalized spacial score (nSPS) is 14.4. The topological polar surface area (TPSA) is 3.24 Å². The van der Waals surface area contributed by atoms with Gasteiger partial charge in [0, 0.05) is 22.5 Å². The van der Waals surface area contributed by atoms with Crippen LogP contribution in [0.15, 0.2) is 84.9 Å². The third-order valence-electron chi connectivity index (χ3n) is 6.51. The van der Waals surface area contributed by atoms with E-state index in [1.54, 1.807) is 0 Å². The van der Waals surface area contributed by atoms with Gasteiger partial charge >= 0.3 is 6.85 Å². The SMILES string of the molecule is BrB1c2cccc3c2N2B(c4ccccc4-3)c3ccccc3-c3cccc1c32. The molecule has 4 aromatic rings. The standard InChI is InChI=1S/C24H14B2BrN/c27-25-21-13-5-9-17-15-7-1-3-11-19(15)26-20-12-4-2-8-16(20)18-10-6-14-22(25)24(18)28(26)23(17)21/h1-14H. The summed E-state index contributed by atoms with van der Waals surface area (Å²) in [6.07, 6.45) is 0. The van der Waals surface area contributed by atoms with Gasteiger partial charge in [0.05, 0.1) is 0 Å². The van der Waals surface area contributed by atoms with E-state index in [2.05, 4.69) is 105 Å². The molecule has 0 unspecified atom stereocenters. The number of para-hydroxylation sites is 2. The zero-order chi connectivity index (χ0) is 18.4. The third kappa shape index (κ3) is 1.67. The summed E-state index contributed by atoms with van der Waals surface area (Å²) in [5, 5.41) is 0. The monoisotopic (exact) mass is 417 g/mol. The zero-order valence-corrected chi connectivity index (χ0v) is 16.6. The average Bonchev–Trinajstić information content (AvgIpc) is 2.77. The quantitative estimate of drug-likeness (QED) is 0.396. The number of fused-ring (bicyclic) bond motifs is 6. The summed E-state index contributed by atoms with van der Waals surface area (Å²) >= 11 is 4.03. The van der Waals surface area contributed by atoms with Gasteiger partial charge in [0.1, 0.15) is 0 Å². The summed E-state index contributed by atoms with van der Waals surface area (Å²) in [4.78, 5) is 2.61. The van der Waals surface area contributed by atoms with Crippen molar-refractivity contribution in [2.75, 3.05) is 4.81 Å². The van der Waals surface area contributed by atoms with E-state index in [0.717, 1.165) is 0 Å². The average molecular weight is 418 g/mol. The molecule has 3 heterocycles. The van der Waals surface area contributed by atoms with Gasteiger partial charge in [-0.3, -0.25) is 0 Å². The molecule has 7 rings (SSSR count).